The molecule has 0 fully saturated rings. The molecule has 0 unspecified atom stereocenters. The van der Waals surface area contributed by atoms with Crippen molar-refractivity contribution in [3.8, 4) is 5.69 Å². The van der Waals surface area contributed by atoms with Gasteiger partial charge in [-0.25, -0.2) is 9.97 Å². The Labute approximate surface area is 155 Å². The van der Waals surface area contributed by atoms with Crippen LogP contribution in [0, 0.1) is 20.8 Å². The van der Waals surface area contributed by atoms with Crippen LogP contribution in [-0.4, -0.2) is 30.2 Å². The third-order valence-electron chi connectivity index (χ3n) is 4.06. The molecule has 7 heteroatoms. The highest BCUT2D eigenvalue weighted by atomic mass is 32.2. The number of para-hydroxylation sites is 1. The van der Waals surface area contributed by atoms with Crippen molar-refractivity contribution < 1.29 is 0 Å². The van der Waals surface area contributed by atoms with Crippen molar-refractivity contribution in [3.05, 3.63) is 65.1 Å². The summed E-state index contributed by atoms with van der Waals surface area (Å²) in [6.45, 7) is 6.15. The quantitative estimate of drug-likeness (QED) is 0.514. The van der Waals surface area contributed by atoms with Gasteiger partial charge in [0.25, 0.3) is 0 Å². The topological polar surface area (TPSA) is 69.4 Å². The van der Waals surface area contributed by atoms with Crippen molar-refractivity contribution >= 4 is 22.7 Å². The Morgan fingerprint density at radius 2 is 1.73 bits per heavy atom. The molecular weight excluding hydrogens is 344 g/mol. The number of nitrogens with zero attached hydrogens (tertiary/aromatic N) is 6. The second-order valence-electron chi connectivity index (χ2n) is 6.25. The molecule has 0 aliphatic carbocycles. The molecule has 6 nitrogen and oxygen atoms in total. The number of fused-ring (bicyclic) bond motifs is 1. The normalized spacial score (nSPS) is 11.2. The summed E-state index contributed by atoms with van der Waals surface area (Å²) in [5.74, 6) is 1.39. The Morgan fingerprint density at radius 1 is 0.962 bits per heavy atom. The van der Waals surface area contributed by atoms with Crippen LogP contribution in [0.1, 0.15) is 22.6 Å². The van der Waals surface area contributed by atoms with Crippen LogP contribution in [-0.2, 0) is 5.75 Å². The Bertz CT molecular complexity index is 1070. The number of benzene rings is 2. The highest BCUT2D eigenvalue weighted by molar-refractivity contribution is 7.98. The second-order valence-corrected chi connectivity index (χ2v) is 7.19. The largest absolute Gasteiger partial charge is 0.237 e. The highest BCUT2D eigenvalue weighted by Gasteiger charge is 2.12. The fourth-order valence-corrected chi connectivity index (χ4v) is 3.74. The highest BCUT2D eigenvalue weighted by Crippen LogP contribution is 2.24. The van der Waals surface area contributed by atoms with Crippen molar-refractivity contribution in [2.24, 2.45) is 0 Å². The molecule has 130 valence electrons. The van der Waals surface area contributed by atoms with Gasteiger partial charge in [-0.05, 0) is 60.5 Å². The van der Waals surface area contributed by atoms with Gasteiger partial charge < -0.3 is 0 Å². The third kappa shape index (κ3) is 3.30. The molecule has 26 heavy (non-hydrogen) atoms. The minimum atomic E-state index is 0.608. The lowest BCUT2D eigenvalue weighted by molar-refractivity contribution is 0.754. The molecule has 0 spiro atoms. The van der Waals surface area contributed by atoms with Gasteiger partial charge >= 0.3 is 0 Å². The van der Waals surface area contributed by atoms with Gasteiger partial charge in [0, 0.05) is 11.1 Å². The summed E-state index contributed by atoms with van der Waals surface area (Å²) in [5, 5.41) is 14.0. The SMILES string of the molecule is Cc1cc(C)cc(-n2nnnc2SCc2nc(C)c3ccccc3n2)c1. The van der Waals surface area contributed by atoms with Gasteiger partial charge in [-0.3, -0.25) is 0 Å². The van der Waals surface area contributed by atoms with E-state index >= 15 is 0 Å². The summed E-state index contributed by atoms with van der Waals surface area (Å²) < 4.78 is 1.76. The summed E-state index contributed by atoms with van der Waals surface area (Å²) in [4.78, 5) is 9.28. The first kappa shape index (κ1) is 16.7. The summed E-state index contributed by atoms with van der Waals surface area (Å²) in [6, 6.07) is 14.3. The molecule has 0 aliphatic rings. The first-order chi connectivity index (χ1) is 12.6. The summed E-state index contributed by atoms with van der Waals surface area (Å²) in [7, 11) is 0. The van der Waals surface area contributed by atoms with E-state index < -0.39 is 0 Å². The molecular formula is C19H18N6S. The predicted octanol–water partition coefficient (Wildman–Crippen LogP) is 3.82. The van der Waals surface area contributed by atoms with Gasteiger partial charge in [0.15, 0.2) is 0 Å². The van der Waals surface area contributed by atoms with Crippen molar-refractivity contribution in [1.82, 2.24) is 30.2 Å². The molecule has 2 aromatic heterocycles. The van der Waals surface area contributed by atoms with Gasteiger partial charge in [-0.15, -0.1) is 5.10 Å². The lowest BCUT2D eigenvalue weighted by Crippen LogP contribution is -2.01. The fraction of sp³-hybridized carbons (Fsp3) is 0.211. The summed E-state index contributed by atoms with van der Waals surface area (Å²) in [6.07, 6.45) is 0. The number of tetrazole rings is 1. The van der Waals surface area contributed by atoms with Gasteiger partial charge in [0.2, 0.25) is 5.16 Å². The lowest BCUT2D eigenvalue weighted by atomic mass is 10.1. The van der Waals surface area contributed by atoms with E-state index in [1.807, 2.05) is 31.2 Å². The Balaban J connectivity index is 1.61. The van der Waals surface area contributed by atoms with E-state index in [-0.39, 0.29) is 0 Å². The minimum Gasteiger partial charge on any atom is -0.237 e. The Hall–Kier alpha value is -2.80. The molecule has 0 saturated heterocycles. The summed E-state index contributed by atoms with van der Waals surface area (Å²) in [5.41, 5.74) is 5.27. The average Bonchev–Trinajstić information content (AvgIpc) is 3.08. The molecule has 2 aromatic carbocycles. The van der Waals surface area contributed by atoms with Gasteiger partial charge in [-0.2, -0.15) is 4.68 Å². The smallest absolute Gasteiger partial charge is 0.214 e. The lowest BCUT2D eigenvalue weighted by Gasteiger charge is -2.07. The molecule has 0 amide bonds. The zero-order valence-corrected chi connectivity index (χ0v) is 15.7. The zero-order chi connectivity index (χ0) is 18.1. The van der Waals surface area contributed by atoms with Crippen LogP contribution < -0.4 is 0 Å². The van der Waals surface area contributed by atoms with E-state index in [2.05, 4.69) is 57.5 Å². The maximum absolute atomic E-state index is 4.66. The number of hydrogen-bond donors (Lipinski definition) is 0. The van der Waals surface area contributed by atoms with Crippen LogP contribution >= 0.6 is 11.8 Å². The molecule has 0 atom stereocenters. The monoisotopic (exact) mass is 362 g/mol. The average molecular weight is 362 g/mol. The van der Waals surface area contributed by atoms with Crippen LogP contribution in [0.3, 0.4) is 0 Å². The van der Waals surface area contributed by atoms with Crippen LogP contribution in [0.15, 0.2) is 47.6 Å². The van der Waals surface area contributed by atoms with E-state index in [0.29, 0.717) is 5.75 Å². The maximum atomic E-state index is 4.66. The molecule has 4 aromatic rings. The van der Waals surface area contributed by atoms with Gasteiger partial charge in [-0.1, -0.05) is 36.0 Å². The third-order valence-corrected chi connectivity index (χ3v) is 4.98. The molecule has 0 saturated carbocycles. The summed E-state index contributed by atoms with van der Waals surface area (Å²) >= 11 is 1.53. The number of aromatic nitrogens is 6. The molecule has 4 rings (SSSR count). The predicted molar refractivity (Wildman–Crippen MR) is 102 cm³/mol. The molecule has 0 N–H and O–H groups in total. The molecule has 0 aliphatic heterocycles. The second kappa shape index (κ2) is 6.84. The zero-order valence-electron chi connectivity index (χ0n) is 14.8. The maximum Gasteiger partial charge on any atom is 0.214 e. The Morgan fingerprint density at radius 3 is 2.54 bits per heavy atom. The van der Waals surface area contributed by atoms with E-state index in [9.17, 15) is 0 Å². The number of aryl methyl sites for hydroxylation is 3. The van der Waals surface area contributed by atoms with Crippen molar-refractivity contribution in [2.75, 3.05) is 0 Å². The van der Waals surface area contributed by atoms with E-state index in [0.717, 1.165) is 33.3 Å². The molecule has 2 heterocycles. The number of rotatable bonds is 4. The van der Waals surface area contributed by atoms with Crippen LogP contribution in [0.2, 0.25) is 0 Å². The van der Waals surface area contributed by atoms with E-state index in [1.54, 1.807) is 4.68 Å². The number of hydrogen-bond acceptors (Lipinski definition) is 6. The molecule has 0 radical (unpaired) electrons. The van der Waals surface area contributed by atoms with E-state index in [1.165, 1.54) is 22.9 Å². The first-order valence-electron chi connectivity index (χ1n) is 8.32. The van der Waals surface area contributed by atoms with Crippen molar-refractivity contribution in [1.29, 1.82) is 0 Å². The van der Waals surface area contributed by atoms with Gasteiger partial charge in [0.1, 0.15) is 5.82 Å². The van der Waals surface area contributed by atoms with E-state index in [4.69, 9.17) is 0 Å². The van der Waals surface area contributed by atoms with Crippen LogP contribution in [0.5, 0.6) is 0 Å². The Kier molecular flexibility index (Phi) is 4.38. The van der Waals surface area contributed by atoms with Crippen molar-refractivity contribution in [3.63, 3.8) is 0 Å². The first-order valence-corrected chi connectivity index (χ1v) is 9.31. The van der Waals surface area contributed by atoms with Crippen LogP contribution in [0.4, 0.5) is 0 Å². The fourth-order valence-electron chi connectivity index (χ4n) is 2.99. The molecule has 0 bridgehead atoms. The number of thioether (sulfide) groups is 1. The van der Waals surface area contributed by atoms with Crippen LogP contribution in [0.25, 0.3) is 16.6 Å². The minimum absolute atomic E-state index is 0.608. The van der Waals surface area contributed by atoms with Gasteiger partial charge in [0.05, 0.1) is 17.0 Å². The van der Waals surface area contributed by atoms with Crippen molar-refractivity contribution in [2.45, 2.75) is 31.7 Å². The standard InChI is InChI=1S/C19H18N6S/c1-12-8-13(2)10-15(9-12)25-19(22-23-24-25)26-11-18-20-14(3)16-6-4-5-7-17(16)21-18/h4-10H,11H2,1-3H3.